The van der Waals surface area contributed by atoms with Gasteiger partial charge in [0.05, 0.1) is 7.11 Å². The average molecular weight is 374 g/mol. The molecule has 1 atom stereocenters. The van der Waals surface area contributed by atoms with Crippen molar-refractivity contribution in [3.63, 3.8) is 0 Å². The van der Waals surface area contributed by atoms with E-state index >= 15 is 0 Å². The molecular formula is C19H16F2N2O4. The molecule has 1 heterocycles. The van der Waals surface area contributed by atoms with Crippen molar-refractivity contribution < 1.29 is 28.2 Å². The number of H-pyrrole nitrogens is 1. The zero-order chi connectivity index (χ0) is 19.6. The molecule has 0 aliphatic carbocycles. The molecule has 0 saturated carbocycles. The van der Waals surface area contributed by atoms with Gasteiger partial charge in [-0.1, -0.05) is 18.2 Å². The smallest absolute Gasteiger partial charge is 0.328 e. The molecule has 0 aliphatic rings. The summed E-state index contributed by atoms with van der Waals surface area (Å²) in [5.41, 5.74) is 0.846. The molecule has 0 aliphatic heterocycles. The molecule has 2 aromatic carbocycles. The molecule has 8 heteroatoms. The van der Waals surface area contributed by atoms with E-state index in [0.29, 0.717) is 12.1 Å². The van der Waals surface area contributed by atoms with Gasteiger partial charge in [-0.3, -0.25) is 4.79 Å². The van der Waals surface area contributed by atoms with E-state index < -0.39 is 40.9 Å². The lowest BCUT2D eigenvalue weighted by Crippen LogP contribution is -2.43. The van der Waals surface area contributed by atoms with Crippen molar-refractivity contribution in [1.82, 2.24) is 10.3 Å². The molecule has 1 aromatic heterocycles. The van der Waals surface area contributed by atoms with Crippen LogP contribution in [0, 0.1) is 11.6 Å². The molecule has 27 heavy (non-hydrogen) atoms. The van der Waals surface area contributed by atoms with E-state index in [-0.39, 0.29) is 6.42 Å². The van der Waals surface area contributed by atoms with Gasteiger partial charge in [0.2, 0.25) is 0 Å². The van der Waals surface area contributed by atoms with Crippen LogP contribution in [-0.4, -0.2) is 35.1 Å². The number of carbonyl (C=O) groups is 2. The summed E-state index contributed by atoms with van der Waals surface area (Å²) in [6, 6.07) is 7.34. The standard InChI is InChI=1S/C19H16F2N2O4/c1-27-19(26)15(6-10-9-22-14-5-3-2-4-12(10)14)23-18(25)17-13(21)7-11(20)8-16(17)24/h2-5,7-9,15,22,24H,6H2,1H3,(H,23,25)/t15-/m1/s1. The molecular weight excluding hydrogens is 358 g/mol. The van der Waals surface area contributed by atoms with Crippen molar-refractivity contribution in [2.24, 2.45) is 0 Å². The summed E-state index contributed by atoms with van der Waals surface area (Å²) >= 11 is 0. The van der Waals surface area contributed by atoms with Gasteiger partial charge >= 0.3 is 5.97 Å². The van der Waals surface area contributed by atoms with Gasteiger partial charge in [0.25, 0.3) is 5.91 Å². The third-order valence-electron chi connectivity index (χ3n) is 4.15. The second-order valence-corrected chi connectivity index (χ2v) is 5.89. The van der Waals surface area contributed by atoms with E-state index in [9.17, 15) is 23.5 Å². The Hall–Kier alpha value is -3.42. The molecule has 3 rings (SSSR count). The molecule has 1 amide bonds. The van der Waals surface area contributed by atoms with Crippen molar-refractivity contribution >= 4 is 22.8 Å². The number of phenolic OH excluding ortho intramolecular Hbond substituents is 1. The minimum absolute atomic E-state index is 0.0754. The van der Waals surface area contributed by atoms with Crippen LogP contribution in [0.5, 0.6) is 5.75 Å². The number of aromatic hydroxyl groups is 1. The number of benzene rings is 2. The molecule has 3 N–H and O–H groups in total. The molecule has 0 bridgehead atoms. The van der Waals surface area contributed by atoms with E-state index in [2.05, 4.69) is 10.3 Å². The van der Waals surface area contributed by atoms with Gasteiger partial charge < -0.3 is 20.1 Å². The predicted octanol–water partition coefficient (Wildman–Crippen LogP) is 2.67. The van der Waals surface area contributed by atoms with Gasteiger partial charge in [0.1, 0.15) is 29.0 Å². The molecule has 6 nitrogen and oxygen atoms in total. The Morgan fingerprint density at radius 2 is 2.00 bits per heavy atom. The largest absolute Gasteiger partial charge is 0.507 e. The van der Waals surface area contributed by atoms with Gasteiger partial charge in [-0.05, 0) is 11.6 Å². The van der Waals surface area contributed by atoms with Crippen LogP contribution in [0.1, 0.15) is 15.9 Å². The monoisotopic (exact) mass is 374 g/mol. The van der Waals surface area contributed by atoms with Gasteiger partial charge in [0.15, 0.2) is 0 Å². The highest BCUT2D eigenvalue weighted by atomic mass is 19.1. The first-order valence-electron chi connectivity index (χ1n) is 8.02. The van der Waals surface area contributed by atoms with Crippen LogP contribution in [0.3, 0.4) is 0 Å². The Balaban J connectivity index is 1.88. The highest BCUT2D eigenvalue weighted by Crippen LogP contribution is 2.23. The number of carbonyl (C=O) groups excluding carboxylic acids is 2. The van der Waals surface area contributed by atoms with Crippen LogP contribution in [0.4, 0.5) is 8.78 Å². The topological polar surface area (TPSA) is 91.4 Å². The Kier molecular flexibility index (Phi) is 5.07. The van der Waals surface area contributed by atoms with Crippen LogP contribution in [0.15, 0.2) is 42.6 Å². The molecule has 140 valence electrons. The van der Waals surface area contributed by atoms with E-state index in [1.54, 1.807) is 6.20 Å². The van der Waals surface area contributed by atoms with Crippen LogP contribution in [0.2, 0.25) is 0 Å². The first-order chi connectivity index (χ1) is 12.9. The van der Waals surface area contributed by atoms with Crippen molar-refractivity contribution in [2.45, 2.75) is 12.5 Å². The number of hydrogen-bond acceptors (Lipinski definition) is 4. The fourth-order valence-electron chi connectivity index (χ4n) is 2.87. The Morgan fingerprint density at radius 1 is 1.26 bits per heavy atom. The summed E-state index contributed by atoms with van der Waals surface area (Å²) in [6.07, 6.45) is 1.77. The van der Waals surface area contributed by atoms with Crippen LogP contribution >= 0.6 is 0 Å². The quantitative estimate of drug-likeness (QED) is 0.599. The number of methoxy groups -OCH3 is 1. The zero-order valence-corrected chi connectivity index (χ0v) is 14.3. The third-order valence-corrected chi connectivity index (χ3v) is 4.15. The number of rotatable bonds is 5. The molecule has 3 aromatic rings. The van der Waals surface area contributed by atoms with Crippen molar-refractivity contribution in [3.8, 4) is 5.75 Å². The zero-order valence-electron chi connectivity index (χ0n) is 14.3. The maximum atomic E-state index is 13.9. The van der Waals surface area contributed by atoms with E-state index in [0.717, 1.165) is 23.6 Å². The fourth-order valence-corrected chi connectivity index (χ4v) is 2.87. The summed E-state index contributed by atoms with van der Waals surface area (Å²) < 4.78 is 31.7. The van der Waals surface area contributed by atoms with Crippen molar-refractivity contribution in [2.75, 3.05) is 7.11 Å². The minimum Gasteiger partial charge on any atom is -0.507 e. The van der Waals surface area contributed by atoms with Gasteiger partial charge in [-0.15, -0.1) is 0 Å². The van der Waals surface area contributed by atoms with E-state index in [1.165, 1.54) is 0 Å². The lowest BCUT2D eigenvalue weighted by molar-refractivity contribution is -0.142. The highest BCUT2D eigenvalue weighted by Gasteiger charge is 2.27. The Labute approximate surface area is 152 Å². The minimum atomic E-state index is -1.24. The summed E-state index contributed by atoms with van der Waals surface area (Å²) in [5.74, 6) is -4.91. The lowest BCUT2D eigenvalue weighted by Gasteiger charge is -2.17. The van der Waals surface area contributed by atoms with Gasteiger partial charge in [0, 0.05) is 35.7 Å². The van der Waals surface area contributed by atoms with Crippen molar-refractivity contribution in [3.05, 3.63) is 65.4 Å². The number of nitrogens with one attached hydrogen (secondary N) is 2. The fraction of sp³-hybridized carbons (Fsp3) is 0.158. The number of halogens is 2. The molecule has 0 radical (unpaired) electrons. The third kappa shape index (κ3) is 3.74. The van der Waals surface area contributed by atoms with Gasteiger partial charge in [-0.2, -0.15) is 0 Å². The average Bonchev–Trinajstić information content (AvgIpc) is 3.02. The van der Waals surface area contributed by atoms with Gasteiger partial charge in [-0.25, -0.2) is 13.6 Å². The van der Waals surface area contributed by atoms with Crippen molar-refractivity contribution in [1.29, 1.82) is 0 Å². The predicted molar refractivity (Wildman–Crippen MR) is 93.3 cm³/mol. The molecule has 0 spiro atoms. The van der Waals surface area contributed by atoms with E-state index in [4.69, 9.17) is 4.74 Å². The highest BCUT2D eigenvalue weighted by molar-refractivity contribution is 5.99. The van der Waals surface area contributed by atoms with E-state index in [1.807, 2.05) is 24.3 Å². The molecule has 0 unspecified atom stereocenters. The number of para-hydroxylation sites is 1. The number of phenols is 1. The summed E-state index contributed by atoms with van der Waals surface area (Å²) in [6.45, 7) is 0. The molecule has 0 fully saturated rings. The normalized spacial score (nSPS) is 12.0. The molecule has 0 saturated heterocycles. The number of aromatic nitrogens is 1. The second kappa shape index (κ2) is 7.45. The Bertz CT molecular complexity index is 993. The summed E-state index contributed by atoms with van der Waals surface area (Å²) in [4.78, 5) is 27.5. The first kappa shape index (κ1) is 18.4. The maximum absolute atomic E-state index is 13.9. The summed E-state index contributed by atoms with van der Waals surface area (Å²) in [7, 11) is 1.16. The number of hydrogen-bond donors (Lipinski definition) is 3. The Morgan fingerprint density at radius 3 is 2.70 bits per heavy atom. The van der Waals surface area contributed by atoms with Crippen LogP contribution in [-0.2, 0) is 16.0 Å². The number of amides is 1. The number of esters is 1. The lowest BCUT2D eigenvalue weighted by atomic mass is 10.0. The second-order valence-electron chi connectivity index (χ2n) is 5.89. The first-order valence-corrected chi connectivity index (χ1v) is 8.02. The maximum Gasteiger partial charge on any atom is 0.328 e. The number of fused-ring (bicyclic) bond motifs is 1. The number of aromatic amines is 1. The number of ether oxygens (including phenoxy) is 1. The van der Waals surface area contributed by atoms with Crippen LogP contribution in [0.25, 0.3) is 10.9 Å². The SMILES string of the molecule is COC(=O)[C@@H](Cc1c[nH]c2ccccc12)NC(=O)c1c(O)cc(F)cc1F. The van der Waals surface area contributed by atoms with Crippen LogP contribution < -0.4 is 5.32 Å². The summed E-state index contributed by atoms with van der Waals surface area (Å²) in [5, 5.41) is 12.9.